The summed E-state index contributed by atoms with van der Waals surface area (Å²) >= 11 is 0. The van der Waals surface area contributed by atoms with Crippen LogP contribution in [0.5, 0.6) is 0 Å². The maximum absolute atomic E-state index is 13.8. The van der Waals surface area contributed by atoms with Gasteiger partial charge in [0.05, 0.1) is 11.7 Å². The number of carbonyl (C=O) groups excluding carboxylic acids is 2. The number of hydrogen-bond acceptors (Lipinski definition) is 3. The van der Waals surface area contributed by atoms with E-state index in [0.717, 1.165) is 6.07 Å². The van der Waals surface area contributed by atoms with Gasteiger partial charge in [0, 0.05) is 18.7 Å². The summed E-state index contributed by atoms with van der Waals surface area (Å²) in [6, 6.07) is 3.84. The molecule has 0 radical (unpaired) electrons. The van der Waals surface area contributed by atoms with Crippen molar-refractivity contribution in [2.45, 2.75) is 44.8 Å². The van der Waals surface area contributed by atoms with Crippen LogP contribution in [0.2, 0.25) is 0 Å². The van der Waals surface area contributed by atoms with Gasteiger partial charge in [0.1, 0.15) is 5.82 Å². The molecule has 0 aliphatic heterocycles. The van der Waals surface area contributed by atoms with E-state index < -0.39 is 11.7 Å². The van der Waals surface area contributed by atoms with Crippen LogP contribution in [0.3, 0.4) is 0 Å². The van der Waals surface area contributed by atoms with Crippen LogP contribution in [0.15, 0.2) is 18.2 Å². The molecular formula is C15H19FN2O3. The third-order valence-corrected chi connectivity index (χ3v) is 3.56. The Labute approximate surface area is 122 Å². The zero-order valence-electron chi connectivity index (χ0n) is 11.9. The van der Waals surface area contributed by atoms with Gasteiger partial charge in [-0.2, -0.15) is 0 Å². The Bertz CT molecular complexity index is 540. The lowest BCUT2D eigenvalue weighted by atomic mass is 9.93. The van der Waals surface area contributed by atoms with Gasteiger partial charge >= 0.3 is 0 Å². The third-order valence-electron chi connectivity index (χ3n) is 3.56. The molecule has 0 aromatic heterocycles. The standard InChI is InChI=1S/C15H19FN2O3/c1-9(19)17-11-4-7-14(16)13(8-11)15(21)18-10-2-5-12(20)6-3-10/h4,7-8,10,12,20H,2-3,5-6H2,1H3,(H,17,19)(H,18,21). The molecule has 0 bridgehead atoms. The minimum absolute atomic E-state index is 0.0512. The van der Waals surface area contributed by atoms with Gasteiger partial charge in [-0.25, -0.2) is 4.39 Å². The zero-order valence-corrected chi connectivity index (χ0v) is 11.9. The summed E-state index contributed by atoms with van der Waals surface area (Å²) in [4.78, 5) is 23.1. The van der Waals surface area contributed by atoms with E-state index in [1.165, 1.54) is 19.1 Å². The smallest absolute Gasteiger partial charge is 0.254 e. The van der Waals surface area contributed by atoms with E-state index in [0.29, 0.717) is 31.4 Å². The van der Waals surface area contributed by atoms with Gasteiger partial charge in [-0.3, -0.25) is 9.59 Å². The minimum Gasteiger partial charge on any atom is -0.393 e. The van der Waals surface area contributed by atoms with E-state index in [4.69, 9.17) is 0 Å². The van der Waals surface area contributed by atoms with Gasteiger partial charge in [-0.15, -0.1) is 0 Å². The van der Waals surface area contributed by atoms with Crippen molar-refractivity contribution in [3.05, 3.63) is 29.6 Å². The number of amides is 2. The summed E-state index contributed by atoms with van der Waals surface area (Å²) in [6.07, 6.45) is 2.33. The average molecular weight is 294 g/mol. The van der Waals surface area contributed by atoms with Crippen molar-refractivity contribution in [3.63, 3.8) is 0 Å². The molecule has 1 saturated carbocycles. The molecule has 0 saturated heterocycles. The van der Waals surface area contributed by atoms with Crippen LogP contribution in [-0.2, 0) is 4.79 Å². The highest BCUT2D eigenvalue weighted by Crippen LogP contribution is 2.20. The van der Waals surface area contributed by atoms with Crippen LogP contribution in [0.25, 0.3) is 0 Å². The molecule has 1 fully saturated rings. The monoisotopic (exact) mass is 294 g/mol. The molecule has 21 heavy (non-hydrogen) atoms. The third kappa shape index (κ3) is 4.26. The largest absolute Gasteiger partial charge is 0.393 e. The molecule has 3 N–H and O–H groups in total. The Kier molecular flexibility index (Phi) is 4.90. The number of halogens is 1. The molecule has 114 valence electrons. The van der Waals surface area contributed by atoms with Crippen LogP contribution < -0.4 is 10.6 Å². The first-order valence-electron chi connectivity index (χ1n) is 7.02. The van der Waals surface area contributed by atoms with Crippen molar-refractivity contribution < 1.29 is 19.1 Å². The Morgan fingerprint density at radius 3 is 2.52 bits per heavy atom. The molecule has 6 heteroatoms. The molecule has 0 atom stereocenters. The highest BCUT2D eigenvalue weighted by atomic mass is 19.1. The highest BCUT2D eigenvalue weighted by Gasteiger charge is 2.22. The van der Waals surface area contributed by atoms with Gasteiger partial charge in [0.15, 0.2) is 0 Å². The number of carbonyl (C=O) groups is 2. The van der Waals surface area contributed by atoms with E-state index in [1.807, 2.05) is 0 Å². The molecule has 1 aromatic carbocycles. The minimum atomic E-state index is -0.627. The first-order valence-corrected chi connectivity index (χ1v) is 7.02. The lowest BCUT2D eigenvalue weighted by Crippen LogP contribution is -2.38. The van der Waals surface area contributed by atoms with Crippen LogP contribution in [-0.4, -0.2) is 29.1 Å². The van der Waals surface area contributed by atoms with Crippen molar-refractivity contribution in [1.82, 2.24) is 5.32 Å². The predicted octanol–water partition coefficient (Wildman–Crippen LogP) is 1.82. The van der Waals surface area contributed by atoms with Crippen LogP contribution >= 0.6 is 0 Å². The van der Waals surface area contributed by atoms with Crippen molar-refractivity contribution in [2.75, 3.05) is 5.32 Å². The highest BCUT2D eigenvalue weighted by molar-refractivity contribution is 5.97. The average Bonchev–Trinajstić information content (AvgIpc) is 2.43. The van der Waals surface area contributed by atoms with Gasteiger partial charge in [-0.1, -0.05) is 0 Å². The van der Waals surface area contributed by atoms with Gasteiger partial charge in [0.25, 0.3) is 5.91 Å². The topological polar surface area (TPSA) is 78.4 Å². The zero-order chi connectivity index (χ0) is 15.4. The Hall–Kier alpha value is -1.95. The van der Waals surface area contributed by atoms with Crippen LogP contribution in [0.1, 0.15) is 43.0 Å². The van der Waals surface area contributed by atoms with Crippen molar-refractivity contribution in [3.8, 4) is 0 Å². The predicted molar refractivity (Wildman–Crippen MR) is 76.4 cm³/mol. The number of nitrogens with one attached hydrogen (secondary N) is 2. The summed E-state index contributed by atoms with van der Waals surface area (Å²) in [5.41, 5.74) is 0.292. The van der Waals surface area contributed by atoms with Crippen LogP contribution in [0, 0.1) is 5.82 Å². The van der Waals surface area contributed by atoms with E-state index in [2.05, 4.69) is 10.6 Å². The van der Waals surface area contributed by atoms with Gasteiger partial charge in [0.2, 0.25) is 5.91 Å². The molecular weight excluding hydrogens is 275 g/mol. The quantitative estimate of drug-likeness (QED) is 0.795. The number of benzene rings is 1. The number of anilines is 1. The molecule has 1 aliphatic carbocycles. The first kappa shape index (κ1) is 15.4. The van der Waals surface area contributed by atoms with E-state index in [9.17, 15) is 19.1 Å². The summed E-state index contributed by atoms with van der Waals surface area (Å²) in [6.45, 7) is 1.34. The summed E-state index contributed by atoms with van der Waals surface area (Å²) in [5.74, 6) is -1.41. The normalized spacial score (nSPS) is 21.7. The van der Waals surface area contributed by atoms with Gasteiger partial charge in [-0.05, 0) is 43.9 Å². The van der Waals surface area contributed by atoms with Crippen molar-refractivity contribution in [1.29, 1.82) is 0 Å². The Balaban J connectivity index is 2.05. The molecule has 2 amide bonds. The molecule has 0 spiro atoms. The fourth-order valence-electron chi connectivity index (χ4n) is 2.46. The first-order chi connectivity index (χ1) is 9.95. The number of hydrogen-bond donors (Lipinski definition) is 3. The number of rotatable bonds is 3. The summed E-state index contributed by atoms with van der Waals surface area (Å²) in [5, 5.41) is 14.7. The molecule has 5 nitrogen and oxygen atoms in total. The van der Waals surface area contributed by atoms with E-state index in [1.54, 1.807) is 0 Å². The Morgan fingerprint density at radius 1 is 1.24 bits per heavy atom. The Morgan fingerprint density at radius 2 is 1.90 bits per heavy atom. The maximum atomic E-state index is 13.8. The molecule has 0 unspecified atom stereocenters. The summed E-state index contributed by atoms with van der Waals surface area (Å²) < 4.78 is 13.8. The number of aliphatic hydroxyl groups is 1. The second kappa shape index (κ2) is 6.67. The second-order valence-electron chi connectivity index (χ2n) is 5.35. The fraction of sp³-hybridized carbons (Fsp3) is 0.467. The van der Waals surface area contributed by atoms with Crippen molar-refractivity contribution >= 4 is 17.5 Å². The lowest BCUT2D eigenvalue weighted by Gasteiger charge is -2.26. The lowest BCUT2D eigenvalue weighted by molar-refractivity contribution is -0.114. The van der Waals surface area contributed by atoms with E-state index in [-0.39, 0.29) is 23.6 Å². The fourth-order valence-corrected chi connectivity index (χ4v) is 2.46. The van der Waals surface area contributed by atoms with Gasteiger partial charge < -0.3 is 15.7 Å². The maximum Gasteiger partial charge on any atom is 0.254 e. The molecule has 2 rings (SSSR count). The summed E-state index contributed by atoms with van der Waals surface area (Å²) in [7, 11) is 0. The van der Waals surface area contributed by atoms with Crippen LogP contribution in [0.4, 0.5) is 10.1 Å². The van der Waals surface area contributed by atoms with Crippen molar-refractivity contribution in [2.24, 2.45) is 0 Å². The number of aliphatic hydroxyl groups excluding tert-OH is 1. The molecule has 1 aliphatic rings. The van der Waals surface area contributed by atoms with E-state index >= 15 is 0 Å². The second-order valence-corrected chi connectivity index (χ2v) is 5.35. The molecule has 1 aromatic rings. The molecule has 0 heterocycles. The SMILES string of the molecule is CC(=O)Nc1ccc(F)c(C(=O)NC2CCC(O)CC2)c1.